The largest absolute Gasteiger partial charge is 0.388 e. The monoisotopic (exact) mass is 329 g/mol. The third-order valence-electron chi connectivity index (χ3n) is 4.91. The number of rotatable bonds is 5. The van der Waals surface area contributed by atoms with Crippen LogP contribution >= 0.6 is 0 Å². The fraction of sp³-hybridized carbons (Fsp3) is 0.400. The van der Waals surface area contributed by atoms with Crippen molar-refractivity contribution in [3.63, 3.8) is 0 Å². The van der Waals surface area contributed by atoms with Crippen LogP contribution in [-0.2, 0) is 0 Å². The predicted octanol–water partition coefficient (Wildman–Crippen LogP) is 3.30. The van der Waals surface area contributed by atoms with Gasteiger partial charge in [0.2, 0.25) is 0 Å². The molecule has 3 rings (SSSR count). The smallest absolute Gasteiger partial charge is 0.123 e. The molecule has 2 N–H and O–H groups in total. The molecule has 0 aliphatic carbocycles. The average Bonchev–Trinajstić information content (AvgIpc) is 2.63. The van der Waals surface area contributed by atoms with E-state index >= 15 is 0 Å². The quantitative estimate of drug-likeness (QED) is 0.884. The van der Waals surface area contributed by atoms with Crippen LogP contribution < -0.4 is 0 Å². The first kappa shape index (κ1) is 17.1. The van der Waals surface area contributed by atoms with Gasteiger partial charge in [-0.15, -0.1) is 0 Å². The molecular formula is C20H24FNO2. The zero-order chi connectivity index (χ0) is 16.9. The second kappa shape index (κ2) is 7.88. The maximum atomic E-state index is 13.0. The van der Waals surface area contributed by atoms with E-state index in [9.17, 15) is 14.6 Å². The third-order valence-corrected chi connectivity index (χ3v) is 4.91. The summed E-state index contributed by atoms with van der Waals surface area (Å²) in [5, 5.41) is 20.8. The Kier molecular flexibility index (Phi) is 5.61. The lowest BCUT2D eigenvalue weighted by molar-refractivity contribution is 0.0398. The van der Waals surface area contributed by atoms with E-state index in [1.165, 1.54) is 12.1 Å². The first-order chi connectivity index (χ1) is 11.6. The Morgan fingerprint density at radius 1 is 0.917 bits per heavy atom. The summed E-state index contributed by atoms with van der Waals surface area (Å²) in [6.45, 7) is 2.25. The molecule has 0 amide bonds. The zero-order valence-electron chi connectivity index (χ0n) is 13.7. The summed E-state index contributed by atoms with van der Waals surface area (Å²) in [5.41, 5.74) is 1.71. The fourth-order valence-corrected chi connectivity index (χ4v) is 3.41. The molecule has 0 spiro atoms. The van der Waals surface area contributed by atoms with Gasteiger partial charge in [-0.25, -0.2) is 4.39 Å². The Bertz CT molecular complexity index is 624. The minimum absolute atomic E-state index is 0.256. The molecule has 3 nitrogen and oxygen atoms in total. The topological polar surface area (TPSA) is 43.7 Å². The van der Waals surface area contributed by atoms with Gasteiger partial charge in [-0.1, -0.05) is 42.5 Å². The Morgan fingerprint density at radius 2 is 1.54 bits per heavy atom. The molecule has 2 atom stereocenters. The zero-order valence-corrected chi connectivity index (χ0v) is 13.7. The van der Waals surface area contributed by atoms with Gasteiger partial charge in [0.15, 0.2) is 0 Å². The van der Waals surface area contributed by atoms with Gasteiger partial charge in [0.1, 0.15) is 5.82 Å². The summed E-state index contributed by atoms with van der Waals surface area (Å²) in [6.07, 6.45) is 0.787. The molecular weight excluding hydrogens is 305 g/mol. The summed E-state index contributed by atoms with van der Waals surface area (Å²) in [6, 6.07) is 15.8. The summed E-state index contributed by atoms with van der Waals surface area (Å²) in [4.78, 5) is 2.21. The van der Waals surface area contributed by atoms with Crippen molar-refractivity contribution in [3.8, 4) is 0 Å². The van der Waals surface area contributed by atoms with Gasteiger partial charge in [-0.3, -0.25) is 0 Å². The van der Waals surface area contributed by atoms with E-state index in [-0.39, 0.29) is 11.7 Å². The van der Waals surface area contributed by atoms with Gasteiger partial charge >= 0.3 is 0 Å². The van der Waals surface area contributed by atoms with E-state index in [1.807, 2.05) is 30.3 Å². The highest BCUT2D eigenvalue weighted by Crippen LogP contribution is 2.31. The number of halogens is 1. The average molecular weight is 329 g/mol. The van der Waals surface area contributed by atoms with Crippen molar-refractivity contribution >= 4 is 0 Å². The molecule has 4 heteroatoms. The number of β-amino-alcohol motifs (C(OH)–C–C–N with tert-alkyl or cyclic N) is 1. The highest BCUT2D eigenvalue weighted by atomic mass is 19.1. The molecule has 0 radical (unpaired) electrons. The van der Waals surface area contributed by atoms with Gasteiger partial charge in [0.25, 0.3) is 0 Å². The first-order valence-corrected chi connectivity index (χ1v) is 8.52. The molecule has 0 bridgehead atoms. The van der Waals surface area contributed by atoms with E-state index in [4.69, 9.17) is 0 Å². The van der Waals surface area contributed by atoms with E-state index in [1.54, 1.807) is 12.1 Å². The second-order valence-corrected chi connectivity index (χ2v) is 6.56. The van der Waals surface area contributed by atoms with Crippen LogP contribution in [0.3, 0.4) is 0 Å². The van der Waals surface area contributed by atoms with Crippen molar-refractivity contribution in [1.29, 1.82) is 0 Å². The van der Waals surface area contributed by atoms with Crippen molar-refractivity contribution < 1.29 is 14.6 Å². The molecule has 1 aliphatic heterocycles. The molecule has 1 heterocycles. The van der Waals surface area contributed by atoms with Crippen molar-refractivity contribution in [3.05, 3.63) is 71.5 Å². The number of aliphatic hydroxyl groups excluding tert-OH is 2. The van der Waals surface area contributed by atoms with Crippen LogP contribution in [-0.4, -0.2) is 34.7 Å². The summed E-state index contributed by atoms with van der Waals surface area (Å²) < 4.78 is 13.0. The van der Waals surface area contributed by atoms with Gasteiger partial charge in [-0.05, 0) is 55.1 Å². The first-order valence-electron chi connectivity index (χ1n) is 8.52. The van der Waals surface area contributed by atoms with Crippen LogP contribution in [0.2, 0.25) is 0 Å². The lowest BCUT2D eigenvalue weighted by Crippen LogP contribution is -2.38. The van der Waals surface area contributed by atoms with E-state index in [2.05, 4.69) is 4.90 Å². The summed E-state index contributed by atoms with van der Waals surface area (Å²) >= 11 is 0. The highest BCUT2D eigenvalue weighted by molar-refractivity contribution is 5.19. The van der Waals surface area contributed by atoms with Crippen LogP contribution in [0.4, 0.5) is 4.39 Å². The molecule has 1 saturated heterocycles. The van der Waals surface area contributed by atoms with Gasteiger partial charge in [-0.2, -0.15) is 0 Å². The lowest BCUT2D eigenvalue weighted by atomic mass is 9.87. The van der Waals surface area contributed by atoms with Crippen LogP contribution in [0.25, 0.3) is 0 Å². The van der Waals surface area contributed by atoms with Crippen molar-refractivity contribution in [1.82, 2.24) is 4.90 Å². The van der Waals surface area contributed by atoms with Crippen LogP contribution in [0, 0.1) is 11.7 Å². The normalized spacial score (nSPS) is 19.1. The minimum atomic E-state index is -0.610. The predicted molar refractivity (Wildman–Crippen MR) is 91.9 cm³/mol. The minimum Gasteiger partial charge on any atom is -0.388 e. The number of aliphatic hydroxyl groups is 2. The summed E-state index contributed by atoms with van der Waals surface area (Å²) in [7, 11) is 0. The molecule has 2 aromatic rings. The maximum absolute atomic E-state index is 13.0. The lowest BCUT2D eigenvalue weighted by Gasteiger charge is -2.35. The molecule has 128 valence electrons. The SMILES string of the molecule is OC(CN1CCC(C(O)c2ccccc2)CC1)c1ccc(F)cc1. The van der Waals surface area contributed by atoms with Crippen molar-refractivity contribution in [2.75, 3.05) is 19.6 Å². The molecule has 2 unspecified atom stereocenters. The number of likely N-dealkylation sites (tertiary alicyclic amines) is 1. The Hall–Kier alpha value is -1.75. The number of benzene rings is 2. The van der Waals surface area contributed by atoms with E-state index in [0.29, 0.717) is 6.54 Å². The number of nitrogens with zero attached hydrogens (tertiary/aromatic N) is 1. The molecule has 1 fully saturated rings. The Morgan fingerprint density at radius 3 is 2.17 bits per heavy atom. The van der Waals surface area contributed by atoms with Crippen LogP contribution in [0.5, 0.6) is 0 Å². The van der Waals surface area contributed by atoms with Crippen LogP contribution in [0.15, 0.2) is 54.6 Å². The number of piperidine rings is 1. The molecule has 0 aromatic heterocycles. The van der Waals surface area contributed by atoms with Gasteiger partial charge in [0.05, 0.1) is 12.2 Å². The van der Waals surface area contributed by atoms with E-state index in [0.717, 1.165) is 37.1 Å². The third kappa shape index (κ3) is 4.20. The fourth-order valence-electron chi connectivity index (χ4n) is 3.41. The Balaban J connectivity index is 1.51. The van der Waals surface area contributed by atoms with Gasteiger partial charge < -0.3 is 15.1 Å². The van der Waals surface area contributed by atoms with Gasteiger partial charge in [0, 0.05) is 6.54 Å². The van der Waals surface area contributed by atoms with Crippen LogP contribution in [0.1, 0.15) is 36.2 Å². The number of hydrogen-bond donors (Lipinski definition) is 2. The van der Waals surface area contributed by atoms with E-state index < -0.39 is 12.2 Å². The van der Waals surface area contributed by atoms with Crippen molar-refractivity contribution in [2.24, 2.45) is 5.92 Å². The molecule has 2 aromatic carbocycles. The maximum Gasteiger partial charge on any atom is 0.123 e. The molecule has 24 heavy (non-hydrogen) atoms. The second-order valence-electron chi connectivity index (χ2n) is 6.56. The molecule has 0 saturated carbocycles. The van der Waals surface area contributed by atoms with Crippen molar-refractivity contribution in [2.45, 2.75) is 25.0 Å². The Labute approximate surface area is 142 Å². The standard InChI is InChI=1S/C20H24FNO2/c21-18-8-6-15(7-9-18)19(23)14-22-12-10-17(11-13-22)20(24)16-4-2-1-3-5-16/h1-9,17,19-20,23-24H,10-14H2. The number of hydrogen-bond acceptors (Lipinski definition) is 3. The highest BCUT2D eigenvalue weighted by Gasteiger charge is 2.27. The molecule has 1 aliphatic rings. The summed E-state index contributed by atoms with van der Waals surface area (Å²) in [5.74, 6) is -0.0340.